The summed E-state index contributed by atoms with van der Waals surface area (Å²) in [6.07, 6.45) is 0.196. The molecule has 10 nitrogen and oxygen atoms in total. The van der Waals surface area contributed by atoms with Crippen LogP contribution in [0, 0.1) is 11.6 Å². The van der Waals surface area contributed by atoms with Gasteiger partial charge in [0.05, 0.1) is 29.3 Å². The molecule has 0 radical (unpaired) electrons. The van der Waals surface area contributed by atoms with Crippen molar-refractivity contribution in [1.82, 2.24) is 14.6 Å². The average molecular weight is 604 g/mol. The molecule has 0 aliphatic carbocycles. The van der Waals surface area contributed by atoms with Gasteiger partial charge in [0.25, 0.3) is 5.91 Å². The molecule has 1 atom stereocenters. The number of rotatable bonds is 10. The molecule has 2 heterocycles. The zero-order valence-corrected chi connectivity index (χ0v) is 23.9. The number of hydrogen-bond acceptors (Lipinski definition) is 8. The molecule has 1 aliphatic heterocycles. The maximum Gasteiger partial charge on any atom is 0.410 e. The minimum atomic E-state index is -4.25. The number of benzene rings is 2. The summed E-state index contributed by atoms with van der Waals surface area (Å²) in [7, 11) is -4.25. The first kappa shape index (κ1) is 30.7. The molecule has 2 amide bonds. The smallest absolute Gasteiger partial charge is 0.410 e. The number of carbonyl (C=O) groups excluding carboxylic acids is 2. The molecule has 0 bridgehead atoms. The summed E-state index contributed by atoms with van der Waals surface area (Å²) in [5, 5.41) is -1.02. The molecular formula is C29H31F2N3O7S. The van der Waals surface area contributed by atoms with Gasteiger partial charge in [-0.05, 0) is 56.5 Å². The number of nitrogens with zero attached hydrogens (tertiary/aromatic N) is 2. The van der Waals surface area contributed by atoms with Gasteiger partial charge in [-0.1, -0.05) is 30.3 Å². The second-order valence-corrected chi connectivity index (χ2v) is 11.5. The van der Waals surface area contributed by atoms with Crippen molar-refractivity contribution in [3.63, 3.8) is 0 Å². The van der Waals surface area contributed by atoms with Crippen molar-refractivity contribution >= 4 is 22.0 Å². The van der Waals surface area contributed by atoms with E-state index in [4.69, 9.17) is 14.2 Å². The summed E-state index contributed by atoms with van der Waals surface area (Å²) >= 11 is 0. The molecule has 4 rings (SSSR count). The van der Waals surface area contributed by atoms with Gasteiger partial charge in [-0.15, -0.1) is 0 Å². The zero-order valence-electron chi connectivity index (χ0n) is 23.1. The lowest BCUT2D eigenvalue weighted by atomic mass is 10.1. The number of ether oxygens (including phenoxy) is 3. The van der Waals surface area contributed by atoms with Crippen LogP contribution in [0.4, 0.5) is 13.6 Å². The van der Waals surface area contributed by atoms with Gasteiger partial charge in [0.2, 0.25) is 15.8 Å². The van der Waals surface area contributed by atoms with Crippen LogP contribution in [0.1, 0.15) is 54.4 Å². The summed E-state index contributed by atoms with van der Waals surface area (Å²) in [6, 6.07) is 14.4. The Labute approximate surface area is 242 Å². The fourth-order valence-electron chi connectivity index (χ4n) is 4.36. The van der Waals surface area contributed by atoms with Crippen molar-refractivity contribution in [1.29, 1.82) is 0 Å². The van der Waals surface area contributed by atoms with E-state index in [1.54, 1.807) is 19.1 Å². The molecule has 1 unspecified atom stereocenters. The second-order valence-electron chi connectivity index (χ2n) is 9.55. The second kappa shape index (κ2) is 13.6. The predicted octanol–water partition coefficient (Wildman–Crippen LogP) is 4.76. The van der Waals surface area contributed by atoms with Gasteiger partial charge in [-0.3, -0.25) is 9.78 Å². The predicted molar refractivity (Wildman–Crippen MR) is 148 cm³/mol. The highest BCUT2D eigenvalue weighted by Gasteiger charge is 2.34. The molecule has 3 aromatic rings. The standard InChI is InChI=1S/C29H31F2N3O7S/c1-3-39-21-9-11-24(32-17-21)19(2)41-25-12-10-23(26(30)27(25)31)28(35)33-42(37,38)22-13-15-34(16-14-22)29(36)40-18-20-7-5-4-6-8-20/h4-12,17,19,22H,3,13-16,18H2,1-2H3,(H,33,35). The minimum absolute atomic E-state index is 0.0319. The molecule has 1 aliphatic rings. The van der Waals surface area contributed by atoms with Crippen molar-refractivity contribution in [2.24, 2.45) is 0 Å². The Hall–Kier alpha value is -4.26. The Morgan fingerprint density at radius 3 is 2.40 bits per heavy atom. The molecule has 1 N–H and O–H groups in total. The number of halogens is 2. The van der Waals surface area contributed by atoms with E-state index < -0.39 is 56.3 Å². The number of amides is 2. The topological polar surface area (TPSA) is 124 Å². The largest absolute Gasteiger partial charge is 0.492 e. The van der Waals surface area contributed by atoms with Crippen LogP contribution in [0.3, 0.4) is 0 Å². The van der Waals surface area contributed by atoms with Crippen LogP contribution < -0.4 is 14.2 Å². The maximum atomic E-state index is 14.9. The van der Waals surface area contributed by atoms with Crippen LogP contribution in [0.2, 0.25) is 0 Å². The van der Waals surface area contributed by atoms with E-state index in [0.29, 0.717) is 18.1 Å². The lowest BCUT2D eigenvalue weighted by molar-refractivity contribution is 0.0892. The summed E-state index contributed by atoms with van der Waals surface area (Å²) in [5.74, 6) is -4.24. The number of sulfonamides is 1. The van der Waals surface area contributed by atoms with Crippen LogP contribution in [-0.2, 0) is 21.4 Å². The molecule has 0 saturated carbocycles. The summed E-state index contributed by atoms with van der Waals surface area (Å²) in [5.41, 5.74) is 0.451. The van der Waals surface area contributed by atoms with Gasteiger partial charge in [-0.2, -0.15) is 4.39 Å². The Kier molecular flexibility index (Phi) is 9.94. The van der Waals surface area contributed by atoms with Gasteiger partial charge < -0.3 is 19.1 Å². The Bertz CT molecular complexity index is 1500. The number of hydrogen-bond donors (Lipinski definition) is 1. The third-order valence-electron chi connectivity index (χ3n) is 6.66. The minimum Gasteiger partial charge on any atom is -0.492 e. The molecule has 2 aromatic carbocycles. The molecule has 42 heavy (non-hydrogen) atoms. The number of nitrogens with one attached hydrogen (secondary N) is 1. The van der Waals surface area contributed by atoms with Crippen molar-refractivity contribution in [2.75, 3.05) is 19.7 Å². The van der Waals surface area contributed by atoms with E-state index in [1.807, 2.05) is 42.0 Å². The lowest BCUT2D eigenvalue weighted by Gasteiger charge is -2.31. The third-order valence-corrected chi connectivity index (χ3v) is 8.48. The molecule has 1 fully saturated rings. The van der Waals surface area contributed by atoms with E-state index in [0.717, 1.165) is 17.7 Å². The molecule has 1 saturated heterocycles. The van der Waals surface area contributed by atoms with E-state index in [2.05, 4.69) is 4.98 Å². The fraction of sp³-hybridized carbons (Fsp3) is 0.345. The van der Waals surface area contributed by atoms with Crippen LogP contribution in [0.25, 0.3) is 0 Å². The first-order valence-corrected chi connectivity index (χ1v) is 14.9. The first-order valence-electron chi connectivity index (χ1n) is 13.3. The Morgan fingerprint density at radius 2 is 1.76 bits per heavy atom. The lowest BCUT2D eigenvalue weighted by Crippen LogP contribution is -2.47. The molecule has 13 heteroatoms. The van der Waals surface area contributed by atoms with E-state index in [-0.39, 0.29) is 32.5 Å². The van der Waals surface area contributed by atoms with E-state index in [1.165, 1.54) is 11.1 Å². The number of piperidine rings is 1. The van der Waals surface area contributed by atoms with Gasteiger partial charge in [-0.25, -0.2) is 22.3 Å². The van der Waals surface area contributed by atoms with Crippen molar-refractivity contribution in [3.05, 3.63) is 89.2 Å². The van der Waals surface area contributed by atoms with Crippen LogP contribution in [0.15, 0.2) is 60.8 Å². The highest BCUT2D eigenvalue weighted by molar-refractivity contribution is 7.90. The van der Waals surface area contributed by atoms with Crippen molar-refractivity contribution in [2.45, 2.75) is 44.6 Å². The average Bonchev–Trinajstić information content (AvgIpc) is 2.99. The highest BCUT2D eigenvalue weighted by atomic mass is 32.2. The number of likely N-dealkylation sites (tertiary alicyclic amines) is 1. The van der Waals surface area contributed by atoms with Gasteiger partial charge >= 0.3 is 6.09 Å². The molecule has 0 spiro atoms. The normalized spacial score (nSPS) is 14.6. The van der Waals surface area contributed by atoms with Crippen LogP contribution in [-0.4, -0.2) is 55.2 Å². The van der Waals surface area contributed by atoms with E-state index >= 15 is 0 Å². The number of carbonyl (C=O) groups is 2. The number of aromatic nitrogens is 1. The van der Waals surface area contributed by atoms with Crippen molar-refractivity contribution in [3.8, 4) is 11.5 Å². The maximum absolute atomic E-state index is 14.9. The monoisotopic (exact) mass is 603 g/mol. The summed E-state index contributed by atoms with van der Waals surface area (Å²) < 4.78 is 73.3. The SMILES string of the molecule is CCOc1ccc(C(C)Oc2ccc(C(=O)NS(=O)(=O)C3CCN(C(=O)OCc4ccccc4)CC3)c(F)c2F)nc1. The van der Waals surface area contributed by atoms with Crippen LogP contribution >= 0.6 is 0 Å². The number of pyridine rings is 1. The van der Waals surface area contributed by atoms with Crippen LogP contribution in [0.5, 0.6) is 11.5 Å². The summed E-state index contributed by atoms with van der Waals surface area (Å²) in [6.45, 7) is 4.13. The molecular weight excluding hydrogens is 572 g/mol. The quantitative estimate of drug-likeness (QED) is 0.352. The Balaban J connectivity index is 1.32. The fourth-order valence-corrected chi connectivity index (χ4v) is 5.73. The zero-order chi connectivity index (χ0) is 30.3. The molecule has 1 aromatic heterocycles. The van der Waals surface area contributed by atoms with Gasteiger partial charge in [0.1, 0.15) is 18.5 Å². The molecule has 224 valence electrons. The Morgan fingerprint density at radius 1 is 1.05 bits per heavy atom. The van der Waals surface area contributed by atoms with Crippen molar-refractivity contribution < 1.29 is 41.0 Å². The summed E-state index contributed by atoms with van der Waals surface area (Å²) in [4.78, 5) is 30.6. The van der Waals surface area contributed by atoms with E-state index in [9.17, 15) is 26.8 Å². The highest BCUT2D eigenvalue weighted by Crippen LogP contribution is 2.28. The third kappa shape index (κ3) is 7.52. The first-order chi connectivity index (χ1) is 20.1. The van der Waals surface area contributed by atoms with Gasteiger partial charge in [0.15, 0.2) is 11.6 Å². The van der Waals surface area contributed by atoms with Gasteiger partial charge in [0, 0.05) is 13.1 Å².